The molecular weight excluding hydrogens is 917 g/mol. The maximum Gasteiger partial charge on any atom is 0.165 e. The normalized spacial score (nSPS) is 11.7. The number of aromatic nitrogens is 8. The first-order valence-electron chi connectivity index (χ1n) is 25.1. The van der Waals surface area contributed by atoms with Crippen LogP contribution in [-0.4, -0.2) is 38.6 Å². The van der Waals surface area contributed by atoms with E-state index in [9.17, 15) is 0 Å². The molecule has 9 aromatic carbocycles. The first-order valence-corrected chi connectivity index (χ1v) is 25.1. The Balaban J connectivity index is 1.05. The molecule has 6 heterocycles. The number of rotatable bonds is 8. The lowest BCUT2D eigenvalue weighted by atomic mass is 9.92. The van der Waals surface area contributed by atoms with Crippen LogP contribution in [0, 0.1) is 0 Å². The second-order valence-corrected chi connectivity index (χ2v) is 18.9. The summed E-state index contributed by atoms with van der Waals surface area (Å²) in [5, 5.41) is 7.16. The molecule has 0 bridgehead atoms. The number of nitrogens with zero attached hydrogens (tertiary/aromatic N) is 8. The van der Waals surface area contributed by atoms with Gasteiger partial charge in [-0.1, -0.05) is 133 Å². The molecule has 0 aliphatic rings. The van der Waals surface area contributed by atoms with Crippen LogP contribution in [0.2, 0.25) is 0 Å². The van der Waals surface area contributed by atoms with Gasteiger partial charge in [0.2, 0.25) is 0 Å². The number of hydrogen-bond acceptors (Lipinski definition) is 5. The maximum absolute atomic E-state index is 5.22. The first-order chi connectivity index (χ1) is 37.2. The van der Waals surface area contributed by atoms with E-state index in [-0.39, 0.29) is 0 Å². The highest BCUT2D eigenvalue weighted by Crippen LogP contribution is 2.46. The molecule has 0 aliphatic heterocycles. The second kappa shape index (κ2) is 17.2. The molecule has 15 aromatic rings. The Bertz CT molecular complexity index is 4300. The van der Waals surface area contributed by atoms with Crippen LogP contribution in [0.3, 0.4) is 0 Å². The van der Waals surface area contributed by atoms with Crippen molar-refractivity contribution in [2.75, 3.05) is 0 Å². The minimum atomic E-state index is 0.527. The van der Waals surface area contributed by atoms with Crippen LogP contribution in [0.15, 0.2) is 255 Å². The standard InChI is InChI=1S/C67H42N8/c1-3-17-43(18-4-1)54-37-47(67-71-65(45-21-15-35-68-41-45)70-66(72-67)46-22-16-36-69-42-46)38-55(44-19-5-2-6-20-44)64(54)75-62-33-31-48(73-58-27-11-7-23-50(58)51-24-8-12-28-59(51)73)39-56(62)57-40-49(32-34-63(57)75)74-60-29-13-9-25-52(60)53-26-10-14-30-61(53)74/h1-42H. The van der Waals surface area contributed by atoms with Crippen molar-refractivity contribution in [3.05, 3.63) is 255 Å². The minimum Gasteiger partial charge on any atom is -0.309 e. The van der Waals surface area contributed by atoms with Crippen molar-refractivity contribution in [2.24, 2.45) is 0 Å². The summed E-state index contributed by atoms with van der Waals surface area (Å²) in [4.78, 5) is 24.3. The van der Waals surface area contributed by atoms with Gasteiger partial charge in [-0.15, -0.1) is 0 Å². The summed E-state index contributed by atoms with van der Waals surface area (Å²) >= 11 is 0. The molecule has 350 valence electrons. The largest absolute Gasteiger partial charge is 0.309 e. The number of para-hydroxylation sites is 4. The average Bonchev–Trinajstić information content (AvgIpc) is 4.13. The number of hydrogen-bond donors (Lipinski definition) is 0. The van der Waals surface area contributed by atoms with Gasteiger partial charge in [0.05, 0.1) is 38.8 Å². The Hall–Kier alpha value is -10.3. The van der Waals surface area contributed by atoms with Gasteiger partial charge in [-0.05, 0) is 108 Å². The Kier molecular flexibility index (Phi) is 9.71. The molecule has 0 saturated heterocycles. The monoisotopic (exact) mass is 958 g/mol. The van der Waals surface area contributed by atoms with Gasteiger partial charge in [0.15, 0.2) is 17.5 Å². The highest BCUT2D eigenvalue weighted by molar-refractivity contribution is 6.15. The Morgan fingerprint density at radius 1 is 0.253 bits per heavy atom. The van der Waals surface area contributed by atoms with Crippen LogP contribution in [0.4, 0.5) is 0 Å². The lowest BCUT2D eigenvalue weighted by Crippen LogP contribution is -2.04. The predicted octanol–water partition coefficient (Wildman–Crippen LogP) is 16.3. The number of pyridine rings is 2. The molecule has 8 nitrogen and oxygen atoms in total. The van der Waals surface area contributed by atoms with Gasteiger partial charge in [-0.2, -0.15) is 0 Å². The van der Waals surface area contributed by atoms with E-state index < -0.39 is 0 Å². The van der Waals surface area contributed by atoms with Gasteiger partial charge in [-0.25, -0.2) is 15.0 Å². The molecule has 0 saturated carbocycles. The molecule has 0 aliphatic carbocycles. The fourth-order valence-corrected chi connectivity index (χ4v) is 11.4. The summed E-state index contributed by atoms with van der Waals surface area (Å²) in [7, 11) is 0. The van der Waals surface area contributed by atoms with E-state index in [4.69, 9.17) is 15.0 Å². The van der Waals surface area contributed by atoms with Crippen LogP contribution in [0.5, 0.6) is 0 Å². The van der Waals surface area contributed by atoms with Crippen molar-refractivity contribution < 1.29 is 0 Å². The predicted molar refractivity (Wildman–Crippen MR) is 306 cm³/mol. The Morgan fingerprint density at radius 3 is 0.987 bits per heavy atom. The van der Waals surface area contributed by atoms with Gasteiger partial charge in [0.25, 0.3) is 0 Å². The van der Waals surface area contributed by atoms with Crippen LogP contribution >= 0.6 is 0 Å². The molecule has 0 amide bonds. The van der Waals surface area contributed by atoms with Crippen molar-refractivity contribution in [2.45, 2.75) is 0 Å². The zero-order chi connectivity index (χ0) is 49.4. The molecule has 6 aromatic heterocycles. The molecular formula is C67H42N8. The van der Waals surface area contributed by atoms with Crippen LogP contribution in [0.1, 0.15) is 0 Å². The van der Waals surface area contributed by atoms with Crippen molar-refractivity contribution >= 4 is 65.4 Å². The summed E-state index contributed by atoms with van der Waals surface area (Å²) in [6.07, 6.45) is 7.11. The van der Waals surface area contributed by atoms with Crippen molar-refractivity contribution in [1.82, 2.24) is 38.6 Å². The molecule has 0 fully saturated rings. The topological polar surface area (TPSA) is 79.2 Å². The Labute approximate surface area is 430 Å². The summed E-state index contributed by atoms with van der Waals surface area (Å²) in [6, 6.07) is 82.6. The lowest BCUT2D eigenvalue weighted by Gasteiger charge is -2.21. The summed E-state index contributed by atoms with van der Waals surface area (Å²) in [5.41, 5.74) is 16.6. The van der Waals surface area contributed by atoms with E-state index in [2.05, 4.69) is 230 Å². The molecule has 0 spiro atoms. The number of benzene rings is 9. The van der Waals surface area contributed by atoms with E-state index in [1.54, 1.807) is 24.8 Å². The maximum atomic E-state index is 5.22. The quantitative estimate of drug-likeness (QED) is 0.152. The highest BCUT2D eigenvalue weighted by atomic mass is 15.0. The van der Waals surface area contributed by atoms with E-state index >= 15 is 0 Å². The fourth-order valence-electron chi connectivity index (χ4n) is 11.4. The fraction of sp³-hybridized carbons (Fsp3) is 0. The molecule has 0 radical (unpaired) electrons. The minimum absolute atomic E-state index is 0.527. The van der Waals surface area contributed by atoms with Crippen molar-refractivity contribution in [3.63, 3.8) is 0 Å². The smallest absolute Gasteiger partial charge is 0.165 e. The van der Waals surface area contributed by atoms with Gasteiger partial charge in [-0.3, -0.25) is 9.97 Å². The molecule has 0 unspecified atom stereocenters. The number of fused-ring (bicyclic) bond motifs is 9. The van der Waals surface area contributed by atoms with Crippen molar-refractivity contribution in [1.29, 1.82) is 0 Å². The van der Waals surface area contributed by atoms with Gasteiger partial charge >= 0.3 is 0 Å². The molecule has 0 atom stereocenters. The third-order valence-electron chi connectivity index (χ3n) is 14.6. The first kappa shape index (κ1) is 42.4. The zero-order valence-electron chi connectivity index (χ0n) is 40.3. The second-order valence-electron chi connectivity index (χ2n) is 18.9. The summed E-state index contributed by atoms with van der Waals surface area (Å²) in [5.74, 6) is 1.59. The third kappa shape index (κ3) is 6.88. The van der Waals surface area contributed by atoms with Crippen LogP contribution in [0.25, 0.3) is 139 Å². The van der Waals surface area contributed by atoms with E-state index in [1.165, 1.54) is 21.5 Å². The highest BCUT2D eigenvalue weighted by Gasteiger charge is 2.25. The van der Waals surface area contributed by atoms with E-state index in [1.807, 2.05) is 24.3 Å². The Morgan fingerprint density at radius 2 is 0.600 bits per heavy atom. The van der Waals surface area contributed by atoms with Crippen molar-refractivity contribution in [3.8, 4) is 73.5 Å². The summed E-state index contributed by atoms with van der Waals surface area (Å²) in [6.45, 7) is 0. The SMILES string of the molecule is c1ccc(-c2cc(-c3nc(-c4cccnc4)nc(-c4cccnc4)n3)cc(-c3ccccc3)c2-n2c3ccc(-n4c5ccccc5c5ccccc54)cc3c3cc(-n4c5ccccc5c5ccccc54)ccc32)cc1. The summed E-state index contributed by atoms with van der Waals surface area (Å²) < 4.78 is 7.32. The van der Waals surface area contributed by atoms with Crippen LogP contribution < -0.4 is 0 Å². The van der Waals surface area contributed by atoms with Gasteiger partial charge in [0.1, 0.15) is 0 Å². The van der Waals surface area contributed by atoms with Gasteiger partial charge < -0.3 is 13.7 Å². The lowest BCUT2D eigenvalue weighted by molar-refractivity contribution is 1.07. The zero-order valence-corrected chi connectivity index (χ0v) is 40.3. The molecule has 0 N–H and O–H groups in total. The third-order valence-corrected chi connectivity index (χ3v) is 14.6. The van der Waals surface area contributed by atoms with Gasteiger partial charge in [0, 0.05) is 96.3 Å². The van der Waals surface area contributed by atoms with Crippen LogP contribution in [-0.2, 0) is 0 Å². The molecule has 75 heavy (non-hydrogen) atoms. The molecule has 15 rings (SSSR count). The molecule has 8 heteroatoms. The van der Waals surface area contributed by atoms with E-state index in [0.717, 1.165) is 99.9 Å². The average molecular weight is 959 g/mol. The van der Waals surface area contributed by atoms with E-state index in [0.29, 0.717) is 17.5 Å².